The van der Waals surface area contributed by atoms with Crippen molar-refractivity contribution >= 4 is 5.97 Å². The molecule has 0 bridgehead atoms. The van der Waals surface area contributed by atoms with Crippen LogP contribution in [0.2, 0.25) is 0 Å². The number of aliphatic hydroxyl groups excluding tert-OH is 3. The summed E-state index contributed by atoms with van der Waals surface area (Å²) >= 11 is 0. The molecular formula is C22H31NO8. The second kappa shape index (κ2) is 8.91. The molecule has 3 aliphatic rings. The number of aliphatic hydroxyl groups is 3. The van der Waals surface area contributed by atoms with Gasteiger partial charge in [0.1, 0.15) is 18.3 Å². The summed E-state index contributed by atoms with van der Waals surface area (Å²) in [5.74, 6) is -1.04. The average Bonchev–Trinajstić information content (AvgIpc) is 2.75. The third-order valence-electron chi connectivity index (χ3n) is 6.84. The van der Waals surface area contributed by atoms with E-state index < -0.39 is 36.7 Å². The molecule has 0 amide bonds. The first-order valence-corrected chi connectivity index (χ1v) is 11.0. The molecule has 0 unspecified atom stereocenters. The van der Waals surface area contributed by atoms with Crippen LogP contribution < -0.4 is 4.74 Å². The third kappa shape index (κ3) is 4.12. The number of carboxylic acids is 1. The Hall–Kier alpha value is -1.91. The molecule has 2 saturated heterocycles. The number of aromatic hydroxyl groups is 1. The van der Waals surface area contributed by atoms with E-state index in [0.29, 0.717) is 12.0 Å². The highest BCUT2D eigenvalue weighted by atomic mass is 16.7. The van der Waals surface area contributed by atoms with Gasteiger partial charge >= 0.3 is 5.97 Å². The number of nitrogens with zero attached hydrogens (tertiary/aromatic N) is 1. The smallest absolute Gasteiger partial charge is 0.335 e. The zero-order valence-corrected chi connectivity index (χ0v) is 17.6. The molecule has 1 aromatic carbocycles. The molecule has 1 aromatic rings. The summed E-state index contributed by atoms with van der Waals surface area (Å²) < 4.78 is 10.8. The van der Waals surface area contributed by atoms with Gasteiger partial charge < -0.3 is 35.0 Å². The van der Waals surface area contributed by atoms with Gasteiger partial charge in [0.05, 0.1) is 0 Å². The molecule has 4 rings (SSSR count). The van der Waals surface area contributed by atoms with E-state index in [9.17, 15) is 30.3 Å². The molecule has 172 valence electrons. The number of fused-ring (bicyclic) bond motifs is 2. The number of likely N-dealkylation sites (tertiary alicyclic amines) is 1. The molecule has 1 aliphatic carbocycles. The second-order valence-electron chi connectivity index (χ2n) is 8.82. The number of ether oxygens (including phenoxy) is 2. The van der Waals surface area contributed by atoms with Gasteiger partial charge in [-0.25, -0.2) is 4.79 Å². The lowest BCUT2D eigenvalue weighted by Crippen LogP contribution is -2.61. The minimum Gasteiger partial charge on any atom is -0.504 e. The summed E-state index contributed by atoms with van der Waals surface area (Å²) in [4.78, 5) is 13.8. The number of rotatable bonds is 5. The van der Waals surface area contributed by atoms with Crippen molar-refractivity contribution in [2.24, 2.45) is 5.92 Å². The summed E-state index contributed by atoms with van der Waals surface area (Å²) in [6.45, 7) is 4.36. The van der Waals surface area contributed by atoms with Crippen molar-refractivity contribution < 1.29 is 39.8 Å². The molecule has 2 fully saturated rings. The molecule has 9 heteroatoms. The van der Waals surface area contributed by atoms with Crippen molar-refractivity contribution in [2.45, 2.75) is 75.8 Å². The van der Waals surface area contributed by atoms with Crippen LogP contribution in [0.15, 0.2) is 12.1 Å². The number of piperidine rings is 1. The van der Waals surface area contributed by atoms with E-state index in [2.05, 4.69) is 11.8 Å². The Morgan fingerprint density at radius 3 is 2.68 bits per heavy atom. The highest BCUT2D eigenvalue weighted by Crippen LogP contribution is 2.42. The molecule has 5 N–H and O–H groups in total. The summed E-state index contributed by atoms with van der Waals surface area (Å²) in [6.07, 6.45) is -3.62. The minimum absolute atomic E-state index is 0.0492. The van der Waals surface area contributed by atoms with Crippen molar-refractivity contribution in [2.75, 3.05) is 13.1 Å². The van der Waals surface area contributed by atoms with E-state index in [4.69, 9.17) is 9.47 Å². The van der Waals surface area contributed by atoms with Crippen LogP contribution in [0.4, 0.5) is 0 Å². The van der Waals surface area contributed by atoms with Gasteiger partial charge in [0.15, 0.2) is 17.6 Å². The first kappa shape index (κ1) is 22.3. The SMILES string of the molecule is CCCN1CCC[C@@H]2Cc3c(ccc(O[C@@H]4O[C@H](C(=O)O)[C@@H](O)[C@H](O)[C@H]4O)c3O)C[C@H]21. The molecule has 0 radical (unpaired) electrons. The van der Waals surface area contributed by atoms with E-state index in [1.165, 1.54) is 0 Å². The fraction of sp³-hybridized carbons (Fsp3) is 0.682. The Morgan fingerprint density at radius 2 is 1.97 bits per heavy atom. The molecule has 2 aliphatic heterocycles. The molecular weight excluding hydrogens is 406 g/mol. The normalized spacial score (nSPS) is 35.8. The predicted molar refractivity (Wildman–Crippen MR) is 109 cm³/mol. The van der Waals surface area contributed by atoms with Gasteiger partial charge in [0, 0.05) is 11.6 Å². The highest BCUT2D eigenvalue weighted by molar-refractivity contribution is 5.73. The molecule has 0 spiro atoms. The molecule has 7 atom stereocenters. The van der Waals surface area contributed by atoms with Gasteiger partial charge in [-0.3, -0.25) is 4.90 Å². The van der Waals surface area contributed by atoms with Crippen LogP contribution in [0.3, 0.4) is 0 Å². The average molecular weight is 437 g/mol. The number of benzene rings is 1. The van der Waals surface area contributed by atoms with Crippen molar-refractivity contribution in [3.63, 3.8) is 0 Å². The third-order valence-corrected chi connectivity index (χ3v) is 6.84. The maximum Gasteiger partial charge on any atom is 0.335 e. The van der Waals surface area contributed by atoms with Gasteiger partial charge in [-0.05, 0) is 62.7 Å². The number of phenolic OH excluding ortho intramolecular Hbond substituents is 1. The van der Waals surface area contributed by atoms with Crippen LogP contribution in [-0.4, -0.2) is 86.2 Å². The standard InChI is InChI=1S/C22H31NO8/c1-2-7-23-8-3-4-12-9-13-11(10-14(12)23)5-6-15(16(13)24)30-22-19(27)17(25)18(26)20(31-22)21(28)29/h5-6,12,14,17-20,22,24-27H,2-4,7-10H2,1H3,(H,28,29)/t12-,14-,17+,18+,19-,20+,22-/m1/s1. The van der Waals surface area contributed by atoms with Crippen molar-refractivity contribution in [1.29, 1.82) is 0 Å². The first-order chi connectivity index (χ1) is 14.8. The van der Waals surface area contributed by atoms with Gasteiger partial charge in [-0.1, -0.05) is 13.0 Å². The minimum atomic E-state index is -1.79. The van der Waals surface area contributed by atoms with Crippen molar-refractivity contribution in [3.8, 4) is 11.5 Å². The van der Waals surface area contributed by atoms with Crippen LogP contribution >= 0.6 is 0 Å². The molecule has 9 nitrogen and oxygen atoms in total. The van der Waals surface area contributed by atoms with Gasteiger partial charge in [-0.2, -0.15) is 0 Å². The van der Waals surface area contributed by atoms with E-state index in [1.54, 1.807) is 6.07 Å². The lowest BCUT2D eigenvalue weighted by Gasteiger charge is -2.45. The number of aliphatic carboxylic acids is 1. The molecule has 31 heavy (non-hydrogen) atoms. The van der Waals surface area contributed by atoms with E-state index in [1.807, 2.05) is 6.07 Å². The molecule has 2 heterocycles. The first-order valence-electron chi connectivity index (χ1n) is 11.0. The number of carboxylic acid groups (broad SMARTS) is 1. The van der Waals surface area contributed by atoms with E-state index in [-0.39, 0.29) is 11.5 Å². The monoisotopic (exact) mass is 437 g/mol. The summed E-state index contributed by atoms with van der Waals surface area (Å²) in [7, 11) is 0. The molecule has 0 saturated carbocycles. The van der Waals surface area contributed by atoms with Crippen LogP contribution in [-0.2, 0) is 22.4 Å². The van der Waals surface area contributed by atoms with Gasteiger partial charge in [0.25, 0.3) is 0 Å². The number of hydrogen-bond acceptors (Lipinski definition) is 8. The maximum atomic E-state index is 11.3. The fourth-order valence-corrected chi connectivity index (χ4v) is 5.24. The summed E-state index contributed by atoms with van der Waals surface area (Å²) in [6, 6.07) is 3.92. The summed E-state index contributed by atoms with van der Waals surface area (Å²) in [5, 5.41) is 50.1. The van der Waals surface area contributed by atoms with Crippen LogP contribution in [0, 0.1) is 5.92 Å². The Morgan fingerprint density at radius 1 is 1.19 bits per heavy atom. The fourth-order valence-electron chi connectivity index (χ4n) is 5.24. The maximum absolute atomic E-state index is 11.3. The zero-order chi connectivity index (χ0) is 22.3. The Labute approximate surface area is 180 Å². The number of phenols is 1. The van der Waals surface area contributed by atoms with Crippen molar-refractivity contribution in [1.82, 2.24) is 4.90 Å². The quantitative estimate of drug-likeness (QED) is 0.438. The Bertz CT molecular complexity index is 815. The Balaban J connectivity index is 1.55. The van der Waals surface area contributed by atoms with Gasteiger partial charge in [-0.15, -0.1) is 0 Å². The van der Waals surface area contributed by atoms with Crippen LogP contribution in [0.1, 0.15) is 37.3 Å². The lowest BCUT2D eigenvalue weighted by atomic mass is 9.75. The lowest BCUT2D eigenvalue weighted by molar-refractivity contribution is -0.271. The van der Waals surface area contributed by atoms with E-state index in [0.717, 1.165) is 56.3 Å². The van der Waals surface area contributed by atoms with E-state index >= 15 is 0 Å². The van der Waals surface area contributed by atoms with Gasteiger partial charge in [0.2, 0.25) is 6.29 Å². The molecule has 0 aromatic heterocycles. The topological polar surface area (TPSA) is 140 Å². The number of hydrogen-bond donors (Lipinski definition) is 5. The second-order valence-corrected chi connectivity index (χ2v) is 8.82. The zero-order valence-electron chi connectivity index (χ0n) is 17.6. The predicted octanol–water partition coefficient (Wildman–Crippen LogP) is 0.252. The summed E-state index contributed by atoms with van der Waals surface area (Å²) in [5.41, 5.74) is 1.86. The Kier molecular flexibility index (Phi) is 6.41. The van der Waals surface area contributed by atoms with Crippen LogP contribution in [0.5, 0.6) is 11.5 Å². The highest BCUT2D eigenvalue weighted by Gasteiger charge is 2.48. The van der Waals surface area contributed by atoms with Crippen LogP contribution in [0.25, 0.3) is 0 Å². The number of carbonyl (C=O) groups is 1. The largest absolute Gasteiger partial charge is 0.504 e. The van der Waals surface area contributed by atoms with Crippen molar-refractivity contribution in [3.05, 3.63) is 23.3 Å².